The minimum atomic E-state index is -0.812. The van der Waals surface area contributed by atoms with Gasteiger partial charge in [0.25, 0.3) is 0 Å². The molecule has 0 fully saturated rings. The summed E-state index contributed by atoms with van der Waals surface area (Å²) in [5, 5.41) is 0. The molecular formula is C10H9FO4. The summed E-state index contributed by atoms with van der Waals surface area (Å²) in [5.74, 6) is -1.82. The maximum atomic E-state index is 13.2. The Morgan fingerprint density at radius 3 is 2.53 bits per heavy atom. The molecule has 0 saturated heterocycles. The molecule has 0 atom stereocenters. The number of ether oxygens (including phenoxy) is 2. The second-order valence-electron chi connectivity index (χ2n) is 2.65. The van der Waals surface area contributed by atoms with Crippen molar-refractivity contribution >= 4 is 12.3 Å². The van der Waals surface area contributed by atoms with Gasteiger partial charge < -0.3 is 9.47 Å². The van der Waals surface area contributed by atoms with Gasteiger partial charge in [-0.25, -0.2) is 9.18 Å². The van der Waals surface area contributed by atoms with Crippen LogP contribution in [0.15, 0.2) is 12.1 Å². The Labute approximate surface area is 85.6 Å². The molecule has 1 rings (SSSR count). The molecule has 0 saturated carbocycles. The van der Waals surface area contributed by atoms with E-state index in [9.17, 15) is 14.0 Å². The highest BCUT2D eigenvalue weighted by atomic mass is 19.1. The van der Waals surface area contributed by atoms with E-state index in [-0.39, 0.29) is 16.9 Å². The molecule has 0 spiro atoms. The fourth-order valence-corrected chi connectivity index (χ4v) is 1.18. The van der Waals surface area contributed by atoms with Crippen molar-refractivity contribution in [3.63, 3.8) is 0 Å². The molecule has 0 aliphatic carbocycles. The van der Waals surface area contributed by atoms with E-state index in [1.54, 1.807) is 0 Å². The lowest BCUT2D eigenvalue weighted by Gasteiger charge is -2.09. The van der Waals surface area contributed by atoms with Gasteiger partial charge in [-0.15, -0.1) is 0 Å². The quantitative estimate of drug-likeness (QED) is 0.561. The van der Waals surface area contributed by atoms with Crippen LogP contribution < -0.4 is 4.74 Å². The smallest absolute Gasteiger partial charge is 0.342 e. The zero-order chi connectivity index (χ0) is 11.4. The third-order valence-corrected chi connectivity index (χ3v) is 1.86. The molecule has 0 N–H and O–H groups in total. The summed E-state index contributed by atoms with van der Waals surface area (Å²) in [6.45, 7) is 0. The summed E-state index contributed by atoms with van der Waals surface area (Å²) in [6.07, 6.45) is 0.439. The van der Waals surface area contributed by atoms with E-state index >= 15 is 0 Å². The molecular weight excluding hydrogens is 203 g/mol. The maximum absolute atomic E-state index is 13.2. The van der Waals surface area contributed by atoms with Gasteiger partial charge in [-0.1, -0.05) is 0 Å². The fourth-order valence-electron chi connectivity index (χ4n) is 1.18. The van der Waals surface area contributed by atoms with Crippen LogP contribution in [0.2, 0.25) is 0 Å². The van der Waals surface area contributed by atoms with Gasteiger partial charge in [0.1, 0.15) is 5.56 Å². The van der Waals surface area contributed by atoms with Crippen LogP contribution in [0, 0.1) is 5.82 Å². The highest BCUT2D eigenvalue weighted by Crippen LogP contribution is 2.25. The Kier molecular flexibility index (Phi) is 3.38. The minimum Gasteiger partial charge on any atom is -0.493 e. The van der Waals surface area contributed by atoms with Crippen LogP contribution in [-0.4, -0.2) is 26.5 Å². The first-order valence-corrected chi connectivity index (χ1v) is 4.05. The topological polar surface area (TPSA) is 52.6 Å². The zero-order valence-electron chi connectivity index (χ0n) is 8.24. The molecule has 0 aliphatic rings. The van der Waals surface area contributed by atoms with Crippen molar-refractivity contribution < 1.29 is 23.5 Å². The lowest BCUT2D eigenvalue weighted by molar-refractivity contribution is 0.0593. The van der Waals surface area contributed by atoms with E-state index in [4.69, 9.17) is 4.74 Å². The van der Waals surface area contributed by atoms with E-state index in [0.717, 1.165) is 13.2 Å². The van der Waals surface area contributed by atoms with E-state index in [1.165, 1.54) is 13.2 Å². The number of methoxy groups -OCH3 is 2. The lowest BCUT2D eigenvalue weighted by atomic mass is 10.1. The maximum Gasteiger partial charge on any atom is 0.342 e. The van der Waals surface area contributed by atoms with Crippen LogP contribution in [0.5, 0.6) is 5.75 Å². The van der Waals surface area contributed by atoms with E-state index in [2.05, 4.69) is 4.74 Å². The molecule has 4 nitrogen and oxygen atoms in total. The third kappa shape index (κ3) is 1.96. The van der Waals surface area contributed by atoms with Crippen LogP contribution in [0.1, 0.15) is 20.7 Å². The number of esters is 1. The number of rotatable bonds is 3. The summed E-state index contributed by atoms with van der Waals surface area (Å²) in [4.78, 5) is 21.9. The molecule has 1 aromatic carbocycles. The highest BCUT2D eigenvalue weighted by molar-refractivity contribution is 6.00. The standard InChI is InChI=1S/C10H9FO4/c1-14-9-7(11)4-3-6(5-12)8(9)10(13)15-2/h3-5H,1-2H3. The van der Waals surface area contributed by atoms with Gasteiger partial charge in [0, 0.05) is 5.56 Å². The van der Waals surface area contributed by atoms with Crippen LogP contribution in [-0.2, 0) is 4.74 Å². The normalized spacial score (nSPS) is 9.53. The molecule has 0 amide bonds. The van der Waals surface area contributed by atoms with Gasteiger partial charge in [0.05, 0.1) is 14.2 Å². The van der Waals surface area contributed by atoms with Gasteiger partial charge in [0.2, 0.25) is 0 Å². The van der Waals surface area contributed by atoms with Crippen molar-refractivity contribution in [2.75, 3.05) is 14.2 Å². The van der Waals surface area contributed by atoms with E-state index in [1.807, 2.05) is 0 Å². The lowest BCUT2D eigenvalue weighted by Crippen LogP contribution is -2.09. The van der Waals surface area contributed by atoms with Crippen LogP contribution in [0.4, 0.5) is 4.39 Å². The predicted molar refractivity (Wildman–Crippen MR) is 49.7 cm³/mol. The van der Waals surface area contributed by atoms with Crippen molar-refractivity contribution in [1.82, 2.24) is 0 Å². The Balaban J connectivity index is 3.46. The van der Waals surface area contributed by atoms with Crippen molar-refractivity contribution in [2.24, 2.45) is 0 Å². The van der Waals surface area contributed by atoms with Gasteiger partial charge in [0.15, 0.2) is 17.9 Å². The third-order valence-electron chi connectivity index (χ3n) is 1.86. The predicted octanol–water partition coefficient (Wildman–Crippen LogP) is 1.43. The van der Waals surface area contributed by atoms with Gasteiger partial charge >= 0.3 is 5.97 Å². The van der Waals surface area contributed by atoms with Crippen molar-refractivity contribution in [2.45, 2.75) is 0 Å². The summed E-state index contributed by atoms with van der Waals surface area (Å²) < 4.78 is 22.4. The Bertz CT molecular complexity index is 401. The Morgan fingerprint density at radius 2 is 2.07 bits per heavy atom. The Morgan fingerprint density at radius 1 is 1.40 bits per heavy atom. The van der Waals surface area contributed by atoms with Gasteiger partial charge in [-0.3, -0.25) is 4.79 Å². The molecule has 1 aromatic rings. The van der Waals surface area contributed by atoms with Crippen LogP contribution in [0.3, 0.4) is 0 Å². The summed E-state index contributed by atoms with van der Waals surface area (Å²) in [5.41, 5.74) is -0.171. The Hall–Kier alpha value is -1.91. The zero-order valence-corrected chi connectivity index (χ0v) is 8.24. The van der Waals surface area contributed by atoms with Crippen molar-refractivity contribution in [3.05, 3.63) is 29.1 Å². The number of hydrogen-bond acceptors (Lipinski definition) is 4. The monoisotopic (exact) mass is 212 g/mol. The van der Waals surface area contributed by atoms with Gasteiger partial charge in [-0.2, -0.15) is 0 Å². The largest absolute Gasteiger partial charge is 0.493 e. The second kappa shape index (κ2) is 4.54. The first-order chi connectivity index (χ1) is 7.15. The van der Waals surface area contributed by atoms with Crippen LogP contribution >= 0.6 is 0 Å². The number of hydrogen-bond donors (Lipinski definition) is 0. The number of aldehydes is 1. The first-order valence-electron chi connectivity index (χ1n) is 4.05. The second-order valence-corrected chi connectivity index (χ2v) is 2.65. The number of carbonyl (C=O) groups excluding carboxylic acids is 2. The van der Waals surface area contributed by atoms with Crippen LogP contribution in [0.25, 0.3) is 0 Å². The molecule has 80 valence electrons. The average molecular weight is 212 g/mol. The molecule has 15 heavy (non-hydrogen) atoms. The summed E-state index contributed by atoms with van der Waals surface area (Å²) in [6, 6.07) is 2.24. The SMILES string of the molecule is COC(=O)c1c(C=O)ccc(F)c1OC. The van der Waals surface area contributed by atoms with Crippen molar-refractivity contribution in [3.8, 4) is 5.75 Å². The van der Waals surface area contributed by atoms with Crippen molar-refractivity contribution in [1.29, 1.82) is 0 Å². The summed E-state index contributed by atoms with van der Waals surface area (Å²) >= 11 is 0. The molecule has 0 aliphatic heterocycles. The number of carbonyl (C=O) groups is 2. The molecule has 0 radical (unpaired) electrons. The number of halogens is 1. The molecule has 0 heterocycles. The average Bonchev–Trinajstić information content (AvgIpc) is 2.27. The van der Waals surface area contributed by atoms with Gasteiger partial charge in [-0.05, 0) is 12.1 Å². The molecule has 0 aromatic heterocycles. The molecule has 0 unspecified atom stereocenters. The minimum absolute atomic E-state index is 0.0279. The molecule has 0 bridgehead atoms. The number of benzene rings is 1. The molecule has 5 heteroatoms. The highest BCUT2D eigenvalue weighted by Gasteiger charge is 2.21. The van der Waals surface area contributed by atoms with E-state index in [0.29, 0.717) is 6.29 Å². The first kappa shape index (κ1) is 11.2. The fraction of sp³-hybridized carbons (Fsp3) is 0.200. The summed E-state index contributed by atoms with van der Waals surface area (Å²) in [7, 11) is 2.35. The van der Waals surface area contributed by atoms with E-state index < -0.39 is 11.8 Å².